The van der Waals surface area contributed by atoms with Gasteiger partial charge >= 0.3 is 32.7 Å². The van der Waals surface area contributed by atoms with E-state index in [2.05, 4.69) is 56.2 Å². The molecule has 288 valence electrons. The predicted molar refractivity (Wildman–Crippen MR) is 217 cm³/mol. The number of aryl methyl sites for hydroxylation is 2. The molecule has 2 heterocycles. The van der Waals surface area contributed by atoms with Crippen LogP contribution in [0.3, 0.4) is 0 Å². The molecule has 4 atom stereocenters. The number of hydrogen-bond acceptors (Lipinski definition) is 6. The number of nitrogens with zero attached hydrogens (tertiary/aromatic N) is 2. The van der Waals surface area contributed by atoms with Gasteiger partial charge in [-0.15, -0.1) is 23.3 Å². The van der Waals surface area contributed by atoms with Crippen LogP contribution in [0.5, 0.6) is 5.75 Å². The Bertz CT molecular complexity index is 1470. The number of alkyl halides is 1. The molecule has 0 amide bonds. The third kappa shape index (κ3) is 13.4. The summed E-state index contributed by atoms with van der Waals surface area (Å²) in [6.45, 7) is 25.1. The van der Waals surface area contributed by atoms with Crippen molar-refractivity contribution in [3.8, 4) is 5.75 Å². The summed E-state index contributed by atoms with van der Waals surface area (Å²) in [5.74, 6) is 3.45. The van der Waals surface area contributed by atoms with E-state index in [-0.39, 0.29) is 44.2 Å². The van der Waals surface area contributed by atoms with E-state index in [1.807, 2.05) is 83.5 Å². The molecule has 1 N–H and O–H groups in total. The predicted octanol–water partition coefficient (Wildman–Crippen LogP) is 10.1. The topological polar surface area (TPSA) is 71.0 Å². The van der Waals surface area contributed by atoms with Crippen molar-refractivity contribution >= 4 is 23.4 Å². The van der Waals surface area contributed by atoms with E-state index in [4.69, 9.17) is 4.74 Å². The third-order valence-electron chi connectivity index (χ3n) is 10.2. The van der Waals surface area contributed by atoms with E-state index < -0.39 is 6.36 Å². The molecule has 2 aromatic carbocycles. The Morgan fingerprint density at radius 1 is 1.11 bits per heavy atom. The van der Waals surface area contributed by atoms with Gasteiger partial charge in [0.05, 0.1) is 12.3 Å². The van der Waals surface area contributed by atoms with E-state index in [0.29, 0.717) is 23.5 Å². The molecule has 8 heteroatoms. The first-order valence-electron chi connectivity index (χ1n) is 19.3. The minimum atomic E-state index is -1.30. The standard InChI is InChI=1S/C18H23FN2O.C12H18NO.C10H11O.C3H7.C2H6.Y/c1-5-10-21(4)13(2)18-11-16(12-20-18)15-6-8-17(9-7-15)22-14(3)19;1-2-3-10(14)12-4-8-6-13-7-9(5-12)11(8)12;1-3-9-4-5-10(7-11)8(2)6-9;1-3-2;1-2;/h5-10,12-14H,11H2,1-4H3;8-9,11,13H,1-7H2;4-6H,3H2,1-2H3;1,3H2,2H3;1-2H3;/q;3*-1;;+3/b10-5-;;;;;. The Kier molecular flexibility index (Phi) is 22.7. The van der Waals surface area contributed by atoms with Crippen LogP contribution in [-0.2, 0) is 48.7 Å². The van der Waals surface area contributed by atoms with Crippen molar-refractivity contribution in [1.29, 1.82) is 0 Å². The maximum absolute atomic E-state index is 12.8. The molecule has 2 aliphatic heterocycles. The molecule has 2 aromatic rings. The molecule has 3 fully saturated rings. The summed E-state index contributed by atoms with van der Waals surface area (Å²) in [5, 5.41) is 3.47. The number of ketones is 1. The van der Waals surface area contributed by atoms with Crippen LogP contribution < -0.4 is 10.1 Å². The van der Waals surface area contributed by atoms with Gasteiger partial charge in [-0.2, -0.15) is 18.9 Å². The monoisotopic (exact) mass is 803 g/mol. The van der Waals surface area contributed by atoms with Crippen molar-refractivity contribution in [2.45, 2.75) is 113 Å². The van der Waals surface area contributed by atoms with E-state index in [1.54, 1.807) is 12.1 Å². The van der Waals surface area contributed by atoms with E-state index >= 15 is 0 Å². The minimum Gasteiger partial charge on any atom is -0.461 e. The van der Waals surface area contributed by atoms with Gasteiger partial charge in [0.25, 0.3) is 0 Å². The summed E-state index contributed by atoms with van der Waals surface area (Å²) >= 11 is 0. The van der Waals surface area contributed by atoms with Gasteiger partial charge < -0.3 is 33.6 Å². The SMILES string of the molecule is C/C=C\N(C)C(C)C1=NC=C(c2ccc(OC(C)F)cc2)C1.CC.CCc1ccc([C-]=O)c(C)c1.[CH2-]CC.[CH2-]CCC(=O)C12CC3CNCC(C1)C32.[Y+3]. The summed E-state index contributed by atoms with van der Waals surface area (Å²) < 4.78 is 17.8. The fraction of sp³-hybridized carbons (Fsp3) is 0.533. The quantitative estimate of drug-likeness (QED) is 0.229. The molecule has 6 nitrogen and oxygen atoms in total. The zero-order valence-electron chi connectivity index (χ0n) is 34.0. The fourth-order valence-corrected chi connectivity index (χ4v) is 7.66. The minimum absolute atomic E-state index is 0. The van der Waals surface area contributed by atoms with Crippen molar-refractivity contribution < 1.29 is 51.4 Å². The number of rotatable bonds is 11. The van der Waals surface area contributed by atoms with E-state index in [1.165, 1.54) is 30.9 Å². The van der Waals surface area contributed by atoms with Gasteiger partial charge in [0.15, 0.2) is 0 Å². The van der Waals surface area contributed by atoms with Crippen LogP contribution in [0.15, 0.2) is 65.9 Å². The molecular formula is C45H65FN3O3Y. The molecule has 0 radical (unpaired) electrons. The largest absolute Gasteiger partial charge is 3.00 e. The first-order valence-corrected chi connectivity index (χ1v) is 19.3. The first kappa shape index (κ1) is 48.5. The molecule has 4 unspecified atom stereocenters. The Morgan fingerprint density at radius 2 is 1.72 bits per heavy atom. The van der Waals surface area contributed by atoms with Crippen molar-refractivity contribution in [1.82, 2.24) is 10.2 Å². The summed E-state index contributed by atoms with van der Waals surface area (Å²) in [6, 6.07) is 13.6. The number of carbonyl (C=O) groups excluding carboxylic acids is 2. The number of aliphatic imine (C=N–C) groups is 1. The van der Waals surface area contributed by atoms with Gasteiger partial charge in [-0.3, -0.25) is 9.79 Å². The second-order valence-electron chi connectivity index (χ2n) is 13.9. The van der Waals surface area contributed by atoms with Gasteiger partial charge in [0.1, 0.15) is 11.5 Å². The van der Waals surface area contributed by atoms with Gasteiger partial charge in [-0.25, -0.2) is 4.39 Å². The zero-order valence-corrected chi connectivity index (χ0v) is 36.9. The zero-order chi connectivity index (χ0) is 38.8. The second-order valence-corrected chi connectivity index (χ2v) is 13.9. The number of piperidine rings is 1. The molecule has 0 aromatic heterocycles. The summed E-state index contributed by atoms with van der Waals surface area (Å²) in [4.78, 5) is 29.0. The molecule has 2 saturated carbocycles. The Labute approximate surface area is 346 Å². The number of benzene rings is 2. The Hall–Kier alpha value is -2.48. The molecule has 0 bridgehead atoms. The molecule has 53 heavy (non-hydrogen) atoms. The summed E-state index contributed by atoms with van der Waals surface area (Å²) in [6.07, 6.45) is 13.3. The first-order chi connectivity index (χ1) is 25.0. The van der Waals surface area contributed by atoms with Crippen LogP contribution in [0, 0.1) is 43.9 Å². The molecule has 2 aliphatic carbocycles. The molecule has 4 aliphatic rings. The van der Waals surface area contributed by atoms with Crippen LogP contribution in [0.4, 0.5) is 4.39 Å². The number of allylic oxidation sites excluding steroid dienone is 2. The normalized spacial score (nSPS) is 22.5. The third-order valence-corrected chi connectivity index (χ3v) is 10.2. The van der Waals surface area contributed by atoms with Crippen molar-refractivity contribution in [3.05, 3.63) is 97.0 Å². The maximum atomic E-state index is 12.8. The molecular weight excluding hydrogens is 738 g/mol. The van der Waals surface area contributed by atoms with Gasteiger partial charge in [0, 0.05) is 37.7 Å². The summed E-state index contributed by atoms with van der Waals surface area (Å²) in [5.41, 5.74) is 6.51. The van der Waals surface area contributed by atoms with Crippen molar-refractivity contribution in [3.63, 3.8) is 0 Å². The number of carbonyl (C=O) groups is 1. The van der Waals surface area contributed by atoms with Gasteiger partial charge in [0.2, 0.25) is 6.36 Å². The van der Waals surface area contributed by atoms with Crippen LogP contribution in [-0.4, -0.2) is 55.2 Å². The Morgan fingerprint density at radius 3 is 2.21 bits per heavy atom. The van der Waals surface area contributed by atoms with Crippen LogP contribution in [0.25, 0.3) is 5.57 Å². The van der Waals surface area contributed by atoms with E-state index in [9.17, 15) is 14.0 Å². The average Bonchev–Trinajstić information content (AvgIpc) is 3.61. The number of Topliss-reactive ketones (excluding diaryl/α,β-unsaturated/α-hetero) is 1. The molecule has 1 saturated heterocycles. The van der Waals surface area contributed by atoms with Gasteiger partial charge in [-0.05, 0) is 99.8 Å². The van der Waals surface area contributed by atoms with Crippen LogP contribution in [0.2, 0.25) is 0 Å². The van der Waals surface area contributed by atoms with Crippen LogP contribution >= 0.6 is 0 Å². The molecule has 0 spiro atoms. The second kappa shape index (κ2) is 24.8. The number of ether oxygens (including phenoxy) is 1. The smallest absolute Gasteiger partial charge is 0.461 e. The fourth-order valence-electron chi connectivity index (χ4n) is 7.66. The van der Waals surface area contributed by atoms with Crippen molar-refractivity contribution in [2.24, 2.45) is 28.2 Å². The average molecular weight is 804 g/mol. The maximum Gasteiger partial charge on any atom is 3.00 e. The molecule has 6 rings (SSSR count). The van der Waals surface area contributed by atoms with Gasteiger partial charge in [-0.1, -0.05) is 58.4 Å². The van der Waals surface area contributed by atoms with E-state index in [0.717, 1.165) is 73.4 Å². The number of hydrogen-bond donors (Lipinski definition) is 1. The van der Waals surface area contributed by atoms with Crippen molar-refractivity contribution in [2.75, 3.05) is 20.1 Å². The van der Waals surface area contributed by atoms with Crippen LogP contribution in [0.1, 0.15) is 109 Å². The summed E-state index contributed by atoms with van der Waals surface area (Å²) in [7, 11) is 2.05. The Balaban J connectivity index is 0.000000391. The number of nitrogens with one attached hydrogen (secondary N) is 1. The number of halogens is 1.